The Hall–Kier alpha value is -3.57. The van der Waals surface area contributed by atoms with Crippen LogP contribution in [-0.4, -0.2) is 40.7 Å². The monoisotopic (exact) mass is 457 g/mol. The number of alkyl halides is 3. The maximum atomic E-state index is 13.4. The number of benzene rings is 1. The number of hydrogen-bond donors (Lipinski definition) is 2. The van der Waals surface area contributed by atoms with Crippen molar-refractivity contribution in [1.82, 2.24) is 9.88 Å². The van der Waals surface area contributed by atoms with Gasteiger partial charge < -0.3 is 20.0 Å². The summed E-state index contributed by atoms with van der Waals surface area (Å²) in [7, 11) is 0. The maximum absolute atomic E-state index is 13.4. The van der Waals surface area contributed by atoms with Gasteiger partial charge in [-0.25, -0.2) is 8.78 Å². The molecule has 1 aromatic heterocycles. The number of fused-ring (bicyclic) bond motifs is 1. The summed E-state index contributed by atoms with van der Waals surface area (Å²) < 4.78 is 66.2. The normalized spacial score (nSPS) is 13.9. The van der Waals surface area contributed by atoms with Gasteiger partial charge in [0.05, 0.1) is 5.56 Å². The van der Waals surface area contributed by atoms with Crippen molar-refractivity contribution in [2.24, 2.45) is 0 Å². The third kappa shape index (κ3) is 4.25. The minimum atomic E-state index is -5.08. The number of carbonyl (C=O) groups excluding carboxylic acids is 4. The van der Waals surface area contributed by atoms with Gasteiger partial charge in [0.15, 0.2) is 24.0 Å². The highest BCUT2D eigenvalue weighted by Gasteiger charge is 2.42. The summed E-state index contributed by atoms with van der Waals surface area (Å²) >= 11 is 0. The summed E-state index contributed by atoms with van der Waals surface area (Å²) in [6, 6.07) is -0.169. The molecule has 1 atom stereocenters. The van der Waals surface area contributed by atoms with Crippen LogP contribution in [0.2, 0.25) is 0 Å². The quantitative estimate of drug-likeness (QED) is 0.302. The molecule has 1 aromatic carbocycles. The SMILES string of the molecule is Cc1c(C(=O)C(=O)NC(C=O)C(F)(F)F)c2n(c1C(=O)Nc1ccc(F)c(F)c1)CCC2. The van der Waals surface area contributed by atoms with E-state index in [1.165, 1.54) is 16.8 Å². The van der Waals surface area contributed by atoms with Crippen LogP contribution in [0.4, 0.5) is 27.6 Å². The third-order valence-corrected chi connectivity index (χ3v) is 5.01. The standard InChI is InChI=1S/C20H16F5N3O4/c1-9-15(17(30)19(32)27-14(8-29)20(23,24)25)13-3-2-6-28(13)16(9)18(31)26-10-4-5-11(21)12(22)7-10/h4-5,7-8,14H,2-3,6H2,1H3,(H,26,31)(H,27,32). The van der Waals surface area contributed by atoms with E-state index in [9.17, 15) is 41.1 Å². The number of hydrogen-bond acceptors (Lipinski definition) is 4. The summed E-state index contributed by atoms with van der Waals surface area (Å²) in [6.45, 7) is 1.64. The number of nitrogens with zero attached hydrogens (tertiary/aromatic N) is 1. The van der Waals surface area contributed by atoms with Gasteiger partial charge in [-0.3, -0.25) is 14.4 Å². The Morgan fingerprint density at radius 2 is 1.84 bits per heavy atom. The molecular weight excluding hydrogens is 441 g/mol. The first kappa shape index (κ1) is 23.1. The van der Waals surface area contributed by atoms with Gasteiger partial charge in [0.25, 0.3) is 17.6 Å². The molecule has 1 unspecified atom stereocenters. The lowest BCUT2D eigenvalue weighted by molar-refractivity contribution is -0.163. The molecule has 3 rings (SSSR count). The fourth-order valence-electron chi connectivity index (χ4n) is 3.59. The van der Waals surface area contributed by atoms with Gasteiger partial charge in [-0.2, -0.15) is 13.2 Å². The lowest BCUT2D eigenvalue weighted by Gasteiger charge is -2.15. The Morgan fingerprint density at radius 3 is 2.44 bits per heavy atom. The second kappa shape index (κ2) is 8.52. The van der Waals surface area contributed by atoms with Crippen molar-refractivity contribution in [2.45, 2.75) is 38.5 Å². The molecule has 0 saturated carbocycles. The number of halogens is 5. The molecule has 0 radical (unpaired) electrons. The zero-order valence-electron chi connectivity index (χ0n) is 16.5. The summed E-state index contributed by atoms with van der Waals surface area (Å²) in [5.74, 6) is -6.06. The van der Waals surface area contributed by atoms with Crippen molar-refractivity contribution in [2.75, 3.05) is 5.32 Å². The van der Waals surface area contributed by atoms with Gasteiger partial charge in [0.1, 0.15) is 5.69 Å². The minimum absolute atomic E-state index is 0.0367. The van der Waals surface area contributed by atoms with Crippen LogP contribution in [0.25, 0.3) is 0 Å². The second-order valence-electron chi connectivity index (χ2n) is 7.09. The zero-order chi connectivity index (χ0) is 23.8. The van der Waals surface area contributed by atoms with E-state index in [0.29, 0.717) is 13.0 Å². The van der Waals surface area contributed by atoms with Crippen molar-refractivity contribution < 1.29 is 41.1 Å². The molecule has 0 bridgehead atoms. The number of anilines is 1. The van der Waals surface area contributed by atoms with Gasteiger partial charge in [0.2, 0.25) is 0 Å². The van der Waals surface area contributed by atoms with Gasteiger partial charge >= 0.3 is 6.18 Å². The van der Waals surface area contributed by atoms with Crippen LogP contribution in [0.3, 0.4) is 0 Å². The molecule has 32 heavy (non-hydrogen) atoms. The van der Waals surface area contributed by atoms with Gasteiger partial charge in [0, 0.05) is 24.0 Å². The fraction of sp³-hybridized carbons (Fsp3) is 0.300. The van der Waals surface area contributed by atoms with Crippen LogP contribution in [0.1, 0.15) is 38.5 Å². The average molecular weight is 457 g/mol. The highest BCUT2D eigenvalue weighted by Crippen LogP contribution is 2.30. The number of aldehydes is 1. The van der Waals surface area contributed by atoms with E-state index in [4.69, 9.17) is 0 Å². The summed E-state index contributed by atoms with van der Waals surface area (Å²) in [5, 5.41) is 3.71. The Balaban J connectivity index is 1.92. The predicted octanol–water partition coefficient (Wildman–Crippen LogP) is 2.70. The molecule has 2 amide bonds. The number of Topliss-reactive ketones (excluding diaryl/α,β-unsaturated/α-hetero) is 1. The molecule has 2 N–H and O–H groups in total. The van der Waals surface area contributed by atoms with Gasteiger partial charge in [-0.1, -0.05) is 0 Å². The second-order valence-corrected chi connectivity index (χ2v) is 7.09. The van der Waals surface area contributed by atoms with E-state index in [1.54, 1.807) is 0 Å². The zero-order valence-corrected chi connectivity index (χ0v) is 16.5. The van der Waals surface area contributed by atoms with Crippen LogP contribution in [0.15, 0.2) is 18.2 Å². The molecule has 0 saturated heterocycles. The molecule has 0 spiro atoms. The van der Waals surface area contributed by atoms with Gasteiger partial charge in [-0.05, 0) is 37.5 Å². The number of carbonyl (C=O) groups is 4. The van der Waals surface area contributed by atoms with Crippen LogP contribution in [0.5, 0.6) is 0 Å². The smallest absolute Gasteiger partial charge is 0.340 e. The molecule has 1 aliphatic rings. The number of ketones is 1. The van der Waals surface area contributed by atoms with Crippen LogP contribution < -0.4 is 10.6 Å². The van der Waals surface area contributed by atoms with Crippen molar-refractivity contribution >= 4 is 29.6 Å². The van der Waals surface area contributed by atoms with Crippen molar-refractivity contribution in [3.05, 3.63) is 52.3 Å². The molecule has 0 fully saturated rings. The Labute approximate surface area is 177 Å². The first-order valence-corrected chi connectivity index (χ1v) is 9.31. The number of amides is 2. The highest BCUT2D eigenvalue weighted by atomic mass is 19.4. The number of aromatic nitrogens is 1. The van der Waals surface area contributed by atoms with Crippen molar-refractivity contribution in [1.29, 1.82) is 0 Å². The molecule has 1 aliphatic heterocycles. The van der Waals surface area contributed by atoms with Crippen LogP contribution >= 0.6 is 0 Å². The Bertz CT molecular complexity index is 1120. The van der Waals surface area contributed by atoms with E-state index in [0.717, 1.165) is 18.2 Å². The van der Waals surface area contributed by atoms with E-state index in [2.05, 4.69) is 5.32 Å². The van der Waals surface area contributed by atoms with Crippen LogP contribution in [-0.2, 0) is 22.6 Å². The van der Waals surface area contributed by atoms with E-state index in [-0.39, 0.29) is 34.6 Å². The van der Waals surface area contributed by atoms with Crippen molar-refractivity contribution in [3.8, 4) is 0 Å². The Kier molecular flexibility index (Phi) is 6.15. The van der Waals surface area contributed by atoms with Crippen LogP contribution in [0, 0.1) is 18.6 Å². The fourth-order valence-corrected chi connectivity index (χ4v) is 3.59. The summed E-state index contributed by atoms with van der Waals surface area (Å²) in [6.07, 6.45) is -4.83. The molecule has 0 aliphatic carbocycles. The molecule has 2 heterocycles. The highest BCUT2D eigenvalue weighted by molar-refractivity contribution is 6.44. The molecular formula is C20H16F5N3O4. The van der Waals surface area contributed by atoms with E-state index < -0.39 is 47.7 Å². The van der Waals surface area contributed by atoms with E-state index >= 15 is 0 Å². The largest absolute Gasteiger partial charge is 0.415 e. The summed E-state index contributed by atoms with van der Waals surface area (Å²) in [4.78, 5) is 48.2. The number of nitrogens with one attached hydrogen (secondary N) is 2. The number of rotatable bonds is 6. The molecule has 2 aromatic rings. The average Bonchev–Trinajstić information content (AvgIpc) is 3.26. The molecule has 170 valence electrons. The maximum Gasteiger partial charge on any atom is 0.415 e. The Morgan fingerprint density at radius 1 is 1.16 bits per heavy atom. The van der Waals surface area contributed by atoms with Crippen molar-refractivity contribution in [3.63, 3.8) is 0 Å². The lowest BCUT2D eigenvalue weighted by atomic mass is 10.0. The molecule has 12 heteroatoms. The minimum Gasteiger partial charge on any atom is -0.340 e. The lowest BCUT2D eigenvalue weighted by Crippen LogP contribution is -2.48. The first-order chi connectivity index (χ1) is 15.0. The topological polar surface area (TPSA) is 97.3 Å². The molecule has 7 nitrogen and oxygen atoms in total. The van der Waals surface area contributed by atoms with Gasteiger partial charge in [-0.15, -0.1) is 0 Å². The predicted molar refractivity (Wildman–Crippen MR) is 100 cm³/mol. The first-order valence-electron chi connectivity index (χ1n) is 9.31. The van der Waals surface area contributed by atoms with E-state index in [1.807, 2.05) is 0 Å². The third-order valence-electron chi connectivity index (χ3n) is 5.01. The summed E-state index contributed by atoms with van der Waals surface area (Å²) in [5.41, 5.74) is -0.0165.